The van der Waals surface area contributed by atoms with Crippen molar-refractivity contribution in [1.29, 1.82) is 0 Å². The SMILES string of the molecule is CC1CCN(CCCNS(=O)(=O)c2ccc(Cl)cc2F)CC1. The second-order valence-electron chi connectivity index (χ2n) is 5.85. The van der Waals surface area contributed by atoms with E-state index in [0.717, 1.165) is 31.6 Å². The highest BCUT2D eigenvalue weighted by Gasteiger charge is 2.19. The first-order valence-corrected chi connectivity index (χ1v) is 9.41. The van der Waals surface area contributed by atoms with Crippen LogP contribution >= 0.6 is 11.6 Å². The molecule has 1 aliphatic heterocycles. The van der Waals surface area contributed by atoms with Gasteiger partial charge in [0, 0.05) is 11.6 Å². The molecule has 1 saturated heterocycles. The van der Waals surface area contributed by atoms with Crippen LogP contribution in [0, 0.1) is 11.7 Å². The second kappa shape index (κ2) is 7.73. The predicted octanol–water partition coefficient (Wildman–Crippen LogP) is 2.88. The van der Waals surface area contributed by atoms with Crippen LogP contribution in [0.25, 0.3) is 0 Å². The van der Waals surface area contributed by atoms with Crippen LogP contribution in [0.15, 0.2) is 23.1 Å². The molecule has 22 heavy (non-hydrogen) atoms. The number of nitrogens with zero attached hydrogens (tertiary/aromatic N) is 1. The molecule has 0 atom stereocenters. The highest BCUT2D eigenvalue weighted by Crippen LogP contribution is 2.19. The standard InChI is InChI=1S/C15H22ClFN2O2S/c1-12-5-9-19(10-6-12)8-2-7-18-22(20,21)15-4-3-13(16)11-14(15)17/h3-4,11-12,18H,2,5-10H2,1H3. The van der Waals surface area contributed by atoms with Gasteiger partial charge >= 0.3 is 0 Å². The molecule has 1 aromatic carbocycles. The van der Waals surface area contributed by atoms with E-state index in [1.807, 2.05) is 0 Å². The highest BCUT2D eigenvalue weighted by molar-refractivity contribution is 7.89. The monoisotopic (exact) mass is 348 g/mol. The van der Waals surface area contributed by atoms with Gasteiger partial charge in [0.05, 0.1) is 0 Å². The number of likely N-dealkylation sites (tertiary alicyclic amines) is 1. The predicted molar refractivity (Wildman–Crippen MR) is 86.1 cm³/mol. The Morgan fingerprint density at radius 1 is 1.36 bits per heavy atom. The molecule has 124 valence electrons. The second-order valence-corrected chi connectivity index (χ2v) is 8.02. The van der Waals surface area contributed by atoms with Gasteiger partial charge in [-0.3, -0.25) is 0 Å². The molecule has 4 nitrogen and oxygen atoms in total. The van der Waals surface area contributed by atoms with E-state index in [1.54, 1.807) is 0 Å². The summed E-state index contributed by atoms with van der Waals surface area (Å²) < 4.78 is 40.2. The number of rotatable bonds is 6. The minimum absolute atomic E-state index is 0.177. The van der Waals surface area contributed by atoms with Gasteiger partial charge in [-0.1, -0.05) is 18.5 Å². The van der Waals surface area contributed by atoms with Gasteiger partial charge in [0.15, 0.2) is 0 Å². The third kappa shape index (κ3) is 4.91. The maximum absolute atomic E-state index is 13.7. The van der Waals surface area contributed by atoms with Gasteiger partial charge in [-0.2, -0.15) is 0 Å². The Kier molecular flexibility index (Phi) is 6.20. The van der Waals surface area contributed by atoms with E-state index in [0.29, 0.717) is 13.0 Å². The van der Waals surface area contributed by atoms with E-state index in [4.69, 9.17) is 11.6 Å². The Balaban J connectivity index is 1.80. The Hall–Kier alpha value is -0.690. The van der Waals surface area contributed by atoms with Crippen LogP contribution in [-0.4, -0.2) is 39.5 Å². The van der Waals surface area contributed by atoms with E-state index >= 15 is 0 Å². The fourth-order valence-corrected chi connectivity index (χ4v) is 3.86. The average molecular weight is 349 g/mol. The Labute approximate surface area is 136 Å². The molecule has 0 aromatic heterocycles. The lowest BCUT2D eigenvalue weighted by molar-refractivity contribution is 0.191. The summed E-state index contributed by atoms with van der Waals surface area (Å²) in [5, 5.41) is 0.177. The van der Waals surface area contributed by atoms with Gasteiger partial charge in [0.2, 0.25) is 10.0 Å². The van der Waals surface area contributed by atoms with Gasteiger partial charge in [-0.05, 0) is 63.0 Å². The molecule has 1 aliphatic rings. The molecule has 1 heterocycles. The van der Waals surface area contributed by atoms with Gasteiger partial charge in [-0.25, -0.2) is 17.5 Å². The third-order valence-corrected chi connectivity index (χ3v) is 5.73. The topological polar surface area (TPSA) is 49.4 Å². The van der Waals surface area contributed by atoms with E-state index < -0.39 is 15.8 Å². The molecular formula is C15H22ClFN2O2S. The first-order chi connectivity index (χ1) is 10.4. The molecule has 2 rings (SSSR count). The largest absolute Gasteiger partial charge is 0.303 e. The number of sulfonamides is 1. The highest BCUT2D eigenvalue weighted by atomic mass is 35.5. The average Bonchev–Trinajstić information content (AvgIpc) is 2.45. The van der Waals surface area contributed by atoms with E-state index in [9.17, 15) is 12.8 Å². The molecule has 1 fully saturated rings. The van der Waals surface area contributed by atoms with Crippen LogP contribution in [0.4, 0.5) is 4.39 Å². The molecule has 0 spiro atoms. The summed E-state index contributed by atoms with van der Waals surface area (Å²) in [6.45, 7) is 5.56. The summed E-state index contributed by atoms with van der Waals surface area (Å²) in [6, 6.07) is 3.56. The summed E-state index contributed by atoms with van der Waals surface area (Å²) in [6.07, 6.45) is 3.10. The van der Waals surface area contributed by atoms with Crippen molar-refractivity contribution in [3.63, 3.8) is 0 Å². The lowest BCUT2D eigenvalue weighted by Gasteiger charge is -2.30. The smallest absolute Gasteiger partial charge is 0.243 e. The zero-order valence-electron chi connectivity index (χ0n) is 12.7. The van der Waals surface area contributed by atoms with Crippen LogP contribution in [0.1, 0.15) is 26.2 Å². The zero-order valence-corrected chi connectivity index (χ0v) is 14.3. The molecule has 0 amide bonds. The number of piperidine rings is 1. The number of hydrogen-bond acceptors (Lipinski definition) is 3. The van der Waals surface area contributed by atoms with Crippen molar-refractivity contribution in [2.75, 3.05) is 26.2 Å². The maximum Gasteiger partial charge on any atom is 0.243 e. The molecule has 0 radical (unpaired) electrons. The number of halogens is 2. The Morgan fingerprint density at radius 2 is 2.05 bits per heavy atom. The van der Waals surface area contributed by atoms with Crippen molar-refractivity contribution >= 4 is 21.6 Å². The minimum atomic E-state index is -3.82. The Bertz CT molecular complexity index is 602. The van der Waals surface area contributed by atoms with Gasteiger partial charge in [0.1, 0.15) is 10.7 Å². The molecule has 0 saturated carbocycles. The van der Waals surface area contributed by atoms with Crippen molar-refractivity contribution in [3.05, 3.63) is 29.0 Å². The van der Waals surface area contributed by atoms with Crippen molar-refractivity contribution in [2.24, 2.45) is 5.92 Å². The molecule has 0 aliphatic carbocycles. The van der Waals surface area contributed by atoms with E-state index in [-0.39, 0.29) is 9.92 Å². The van der Waals surface area contributed by atoms with Gasteiger partial charge < -0.3 is 4.90 Å². The molecule has 7 heteroatoms. The molecular weight excluding hydrogens is 327 g/mol. The number of nitrogens with one attached hydrogen (secondary N) is 1. The number of hydrogen-bond donors (Lipinski definition) is 1. The van der Waals surface area contributed by atoms with Crippen molar-refractivity contribution in [1.82, 2.24) is 9.62 Å². The van der Waals surface area contributed by atoms with Crippen LogP contribution in [0.3, 0.4) is 0 Å². The summed E-state index contributed by atoms with van der Waals surface area (Å²) in [7, 11) is -3.82. The summed E-state index contributed by atoms with van der Waals surface area (Å²) in [5.74, 6) is -0.0485. The molecule has 0 unspecified atom stereocenters. The van der Waals surface area contributed by atoms with Gasteiger partial charge in [-0.15, -0.1) is 0 Å². The first-order valence-electron chi connectivity index (χ1n) is 7.55. The van der Waals surface area contributed by atoms with E-state index in [2.05, 4.69) is 16.5 Å². The zero-order chi connectivity index (χ0) is 16.2. The fraction of sp³-hybridized carbons (Fsp3) is 0.600. The molecule has 0 bridgehead atoms. The minimum Gasteiger partial charge on any atom is -0.303 e. The lowest BCUT2D eigenvalue weighted by atomic mass is 9.99. The maximum atomic E-state index is 13.7. The number of benzene rings is 1. The fourth-order valence-electron chi connectivity index (χ4n) is 2.57. The van der Waals surface area contributed by atoms with Crippen LogP contribution in [0.5, 0.6) is 0 Å². The van der Waals surface area contributed by atoms with Crippen LogP contribution < -0.4 is 4.72 Å². The van der Waals surface area contributed by atoms with Crippen molar-refractivity contribution in [2.45, 2.75) is 31.1 Å². The Morgan fingerprint density at radius 3 is 2.68 bits per heavy atom. The summed E-state index contributed by atoms with van der Waals surface area (Å²) in [4.78, 5) is 1.99. The molecule has 1 aromatic rings. The van der Waals surface area contributed by atoms with Crippen LogP contribution in [-0.2, 0) is 10.0 Å². The van der Waals surface area contributed by atoms with Crippen molar-refractivity contribution in [3.8, 4) is 0 Å². The first kappa shape index (κ1) is 17.7. The normalized spacial score (nSPS) is 17.8. The summed E-state index contributed by atoms with van der Waals surface area (Å²) in [5.41, 5.74) is 0. The van der Waals surface area contributed by atoms with Crippen LogP contribution in [0.2, 0.25) is 5.02 Å². The lowest BCUT2D eigenvalue weighted by Crippen LogP contribution is -2.35. The molecule has 1 N–H and O–H groups in total. The van der Waals surface area contributed by atoms with Gasteiger partial charge in [0.25, 0.3) is 0 Å². The third-order valence-electron chi connectivity index (χ3n) is 4.00. The van der Waals surface area contributed by atoms with E-state index in [1.165, 1.54) is 25.0 Å². The quantitative estimate of drug-likeness (QED) is 0.804. The van der Waals surface area contributed by atoms with Crippen molar-refractivity contribution < 1.29 is 12.8 Å². The summed E-state index contributed by atoms with van der Waals surface area (Å²) >= 11 is 5.63.